The number of benzene rings is 1. The number of methoxy groups -OCH3 is 1. The highest BCUT2D eigenvalue weighted by molar-refractivity contribution is 7.92. The third-order valence-electron chi connectivity index (χ3n) is 3.62. The van der Waals surface area contributed by atoms with Gasteiger partial charge in [0.1, 0.15) is 0 Å². The predicted octanol–water partition coefficient (Wildman–Crippen LogP) is 1.93. The number of nitrogens with zero attached hydrogens (tertiary/aromatic N) is 1. The standard InChI is InChI=1S/C17H15N3O6S2/c1-26-17(23)12-13(21)16(22)19-15(18-12)14-11(7-8-27-14)20-28(24,25)9-10-5-3-2-4-6-10/h2-8,20-21H,9H2,1H3,(H,18,19,22). The van der Waals surface area contributed by atoms with Crippen LogP contribution in [0.25, 0.3) is 10.7 Å². The van der Waals surface area contributed by atoms with Crippen molar-refractivity contribution in [2.45, 2.75) is 5.75 Å². The van der Waals surface area contributed by atoms with Gasteiger partial charge in [0.25, 0.3) is 5.56 Å². The summed E-state index contributed by atoms with van der Waals surface area (Å²) in [5.74, 6) is -2.18. The summed E-state index contributed by atoms with van der Waals surface area (Å²) in [4.78, 5) is 30.2. The van der Waals surface area contributed by atoms with E-state index in [-0.39, 0.29) is 22.1 Å². The minimum Gasteiger partial charge on any atom is -0.501 e. The lowest BCUT2D eigenvalue weighted by molar-refractivity contribution is 0.0590. The first kappa shape index (κ1) is 19.6. The molecule has 0 unspecified atom stereocenters. The van der Waals surface area contributed by atoms with Crippen LogP contribution in [0, 0.1) is 0 Å². The highest BCUT2D eigenvalue weighted by Gasteiger charge is 2.22. The Morgan fingerprint density at radius 3 is 2.68 bits per heavy atom. The molecule has 0 radical (unpaired) electrons. The summed E-state index contributed by atoms with van der Waals surface area (Å²) >= 11 is 1.10. The second-order valence-electron chi connectivity index (χ2n) is 5.61. The van der Waals surface area contributed by atoms with Crippen LogP contribution in [-0.2, 0) is 20.5 Å². The van der Waals surface area contributed by atoms with Crippen LogP contribution in [0.3, 0.4) is 0 Å². The lowest BCUT2D eigenvalue weighted by Crippen LogP contribution is -2.17. The minimum absolute atomic E-state index is 0.0735. The van der Waals surface area contributed by atoms with Gasteiger partial charge in [0.15, 0.2) is 11.5 Å². The van der Waals surface area contributed by atoms with E-state index in [1.165, 1.54) is 6.07 Å². The number of nitrogens with one attached hydrogen (secondary N) is 2. The van der Waals surface area contributed by atoms with Crippen molar-refractivity contribution in [3.63, 3.8) is 0 Å². The molecule has 0 atom stereocenters. The smallest absolute Gasteiger partial charge is 0.360 e. The van der Waals surface area contributed by atoms with Crippen LogP contribution in [0.15, 0.2) is 46.6 Å². The van der Waals surface area contributed by atoms with Gasteiger partial charge in [0, 0.05) is 0 Å². The molecular weight excluding hydrogens is 406 g/mol. The number of thiophene rings is 1. The molecule has 11 heteroatoms. The van der Waals surface area contributed by atoms with Gasteiger partial charge in [-0.25, -0.2) is 18.2 Å². The number of ether oxygens (including phenoxy) is 1. The molecule has 0 aliphatic carbocycles. The summed E-state index contributed by atoms with van der Waals surface area (Å²) in [6, 6.07) is 10.1. The van der Waals surface area contributed by atoms with Gasteiger partial charge < -0.3 is 14.8 Å². The van der Waals surface area contributed by atoms with Crippen molar-refractivity contribution in [1.29, 1.82) is 0 Å². The van der Waals surface area contributed by atoms with E-state index in [1.54, 1.807) is 35.7 Å². The zero-order valence-electron chi connectivity index (χ0n) is 14.5. The maximum Gasteiger partial charge on any atom is 0.360 e. The third kappa shape index (κ3) is 4.21. The van der Waals surface area contributed by atoms with E-state index >= 15 is 0 Å². The number of aromatic amines is 1. The van der Waals surface area contributed by atoms with Crippen molar-refractivity contribution in [2.75, 3.05) is 11.8 Å². The molecule has 3 N–H and O–H groups in total. The van der Waals surface area contributed by atoms with Gasteiger partial charge >= 0.3 is 5.97 Å². The Balaban J connectivity index is 1.95. The molecular formula is C17H15N3O6S2. The van der Waals surface area contributed by atoms with Crippen LogP contribution in [0.1, 0.15) is 16.1 Å². The quantitative estimate of drug-likeness (QED) is 0.517. The highest BCUT2D eigenvalue weighted by atomic mass is 32.2. The summed E-state index contributed by atoms with van der Waals surface area (Å²) < 4.78 is 31.9. The van der Waals surface area contributed by atoms with E-state index in [0.29, 0.717) is 5.56 Å². The number of anilines is 1. The average molecular weight is 421 g/mol. The lowest BCUT2D eigenvalue weighted by atomic mass is 10.2. The zero-order valence-corrected chi connectivity index (χ0v) is 16.1. The number of hydrogen-bond acceptors (Lipinski definition) is 8. The SMILES string of the molecule is COC(=O)c1nc(-c2sccc2NS(=O)(=O)Cc2ccccc2)[nH]c(=O)c1O. The number of aromatic nitrogens is 2. The van der Waals surface area contributed by atoms with Crippen molar-refractivity contribution in [3.05, 3.63) is 63.4 Å². The number of carbonyl (C=O) groups excluding carboxylic acids is 1. The summed E-state index contributed by atoms with van der Waals surface area (Å²) in [7, 11) is -2.66. The van der Waals surface area contributed by atoms with E-state index in [4.69, 9.17) is 0 Å². The van der Waals surface area contributed by atoms with E-state index in [2.05, 4.69) is 19.4 Å². The fourth-order valence-electron chi connectivity index (χ4n) is 2.38. The van der Waals surface area contributed by atoms with Gasteiger partial charge in [-0.2, -0.15) is 0 Å². The normalized spacial score (nSPS) is 11.2. The van der Waals surface area contributed by atoms with Crippen LogP contribution < -0.4 is 10.3 Å². The van der Waals surface area contributed by atoms with Crippen LogP contribution in [0.4, 0.5) is 5.69 Å². The number of rotatable bonds is 6. The molecule has 0 aliphatic heterocycles. The van der Waals surface area contributed by atoms with Gasteiger partial charge in [-0.3, -0.25) is 9.52 Å². The van der Waals surface area contributed by atoms with Crippen molar-refractivity contribution in [2.24, 2.45) is 0 Å². The van der Waals surface area contributed by atoms with E-state index in [9.17, 15) is 23.1 Å². The molecule has 0 aliphatic rings. The van der Waals surface area contributed by atoms with E-state index in [0.717, 1.165) is 18.4 Å². The number of esters is 1. The maximum atomic E-state index is 12.5. The number of H-pyrrole nitrogens is 1. The predicted molar refractivity (Wildman–Crippen MR) is 104 cm³/mol. The Labute approximate surface area is 163 Å². The van der Waals surface area contributed by atoms with Crippen LogP contribution >= 0.6 is 11.3 Å². The molecule has 0 spiro atoms. The Morgan fingerprint density at radius 2 is 2.00 bits per heavy atom. The molecule has 0 saturated carbocycles. The molecule has 0 bridgehead atoms. The first-order valence-electron chi connectivity index (χ1n) is 7.84. The molecule has 0 fully saturated rings. The molecule has 146 valence electrons. The van der Waals surface area contributed by atoms with Gasteiger partial charge in [-0.15, -0.1) is 11.3 Å². The molecule has 3 aromatic rings. The summed E-state index contributed by atoms with van der Waals surface area (Å²) in [6.07, 6.45) is 0. The van der Waals surface area contributed by atoms with Crippen LogP contribution in [0.5, 0.6) is 5.75 Å². The summed E-state index contributed by atoms with van der Waals surface area (Å²) in [5, 5.41) is 11.3. The number of hydrogen-bond donors (Lipinski definition) is 3. The Kier molecular flexibility index (Phi) is 5.47. The summed E-state index contributed by atoms with van der Waals surface area (Å²) in [5.41, 5.74) is -0.717. The number of aromatic hydroxyl groups is 1. The van der Waals surface area contributed by atoms with Crippen molar-refractivity contribution in [1.82, 2.24) is 9.97 Å². The number of sulfonamides is 1. The van der Waals surface area contributed by atoms with Crippen LogP contribution in [-0.4, -0.2) is 36.6 Å². The molecule has 2 aromatic heterocycles. The molecule has 0 amide bonds. The third-order valence-corrected chi connectivity index (χ3v) is 5.78. The van der Waals surface area contributed by atoms with Crippen molar-refractivity contribution in [3.8, 4) is 16.5 Å². The Hall–Kier alpha value is -3.18. The van der Waals surface area contributed by atoms with E-state index in [1.807, 2.05) is 0 Å². The fourth-order valence-corrected chi connectivity index (χ4v) is 4.45. The first-order chi connectivity index (χ1) is 13.3. The second-order valence-corrected chi connectivity index (χ2v) is 8.25. The molecule has 2 heterocycles. The minimum atomic E-state index is -3.74. The van der Waals surface area contributed by atoms with Crippen molar-refractivity contribution >= 4 is 33.0 Å². The second kappa shape index (κ2) is 7.82. The molecule has 1 aromatic carbocycles. The van der Waals surface area contributed by atoms with Gasteiger partial charge in [-0.05, 0) is 17.0 Å². The topological polar surface area (TPSA) is 138 Å². The highest BCUT2D eigenvalue weighted by Crippen LogP contribution is 2.32. The summed E-state index contributed by atoms with van der Waals surface area (Å²) in [6.45, 7) is 0. The fraction of sp³-hybridized carbons (Fsp3) is 0.118. The average Bonchev–Trinajstić information content (AvgIpc) is 3.10. The first-order valence-corrected chi connectivity index (χ1v) is 10.4. The Morgan fingerprint density at radius 1 is 1.29 bits per heavy atom. The van der Waals surface area contributed by atoms with Gasteiger partial charge in [-0.1, -0.05) is 30.3 Å². The Bertz CT molecular complexity index is 1170. The maximum absolute atomic E-state index is 12.5. The monoisotopic (exact) mass is 421 g/mol. The molecule has 28 heavy (non-hydrogen) atoms. The molecule has 0 saturated heterocycles. The molecule has 9 nitrogen and oxygen atoms in total. The lowest BCUT2D eigenvalue weighted by Gasteiger charge is -2.09. The van der Waals surface area contributed by atoms with Gasteiger partial charge in [0.2, 0.25) is 15.8 Å². The van der Waals surface area contributed by atoms with Crippen molar-refractivity contribution < 1.29 is 23.1 Å². The largest absolute Gasteiger partial charge is 0.501 e. The van der Waals surface area contributed by atoms with Gasteiger partial charge in [0.05, 0.1) is 23.4 Å². The number of carbonyl (C=O) groups is 1. The molecule has 3 rings (SSSR count). The zero-order chi connectivity index (χ0) is 20.3. The van der Waals surface area contributed by atoms with E-state index < -0.39 is 33.0 Å². The van der Waals surface area contributed by atoms with Crippen LogP contribution in [0.2, 0.25) is 0 Å².